The van der Waals surface area contributed by atoms with Crippen LogP contribution in [0.15, 0.2) is 0 Å². The molecule has 1 fully saturated rings. The van der Waals surface area contributed by atoms with Crippen LogP contribution < -0.4 is 5.32 Å². The van der Waals surface area contributed by atoms with Crippen LogP contribution in [0.2, 0.25) is 0 Å². The molecule has 1 saturated heterocycles. The van der Waals surface area contributed by atoms with E-state index >= 15 is 0 Å². The van der Waals surface area contributed by atoms with E-state index in [1.807, 2.05) is 0 Å². The largest absolute Gasteiger partial charge is 0.343 e. The van der Waals surface area contributed by atoms with E-state index in [9.17, 15) is 14.4 Å². The third kappa shape index (κ3) is 1.04. The van der Waals surface area contributed by atoms with E-state index in [0.717, 1.165) is 0 Å². The Labute approximate surface area is 64.0 Å². The number of amides is 1. The maximum absolute atomic E-state index is 11.2. The van der Waals surface area contributed by atoms with Gasteiger partial charge in [0.15, 0.2) is 11.7 Å². The fourth-order valence-corrected chi connectivity index (χ4v) is 1.08. The van der Waals surface area contributed by atoms with Crippen molar-refractivity contribution in [1.82, 2.24) is 5.32 Å². The molecule has 4 nitrogen and oxygen atoms in total. The molecule has 1 N–H and O–H groups in total. The van der Waals surface area contributed by atoms with Crippen LogP contribution in [0.1, 0.15) is 13.8 Å². The summed E-state index contributed by atoms with van der Waals surface area (Å²) in [5, 5.41) is 2.42. The second-order valence-corrected chi connectivity index (χ2v) is 3.09. The fourth-order valence-electron chi connectivity index (χ4n) is 1.08. The van der Waals surface area contributed by atoms with E-state index in [4.69, 9.17) is 0 Å². The van der Waals surface area contributed by atoms with Gasteiger partial charge in [0.05, 0.1) is 5.54 Å². The van der Waals surface area contributed by atoms with Gasteiger partial charge in [0.1, 0.15) is 6.29 Å². The summed E-state index contributed by atoms with van der Waals surface area (Å²) in [6.07, 6.45) is 0.381. The zero-order valence-corrected chi connectivity index (χ0v) is 6.38. The molecule has 11 heavy (non-hydrogen) atoms. The van der Waals surface area contributed by atoms with Crippen LogP contribution in [-0.2, 0) is 14.4 Å². The average molecular weight is 155 g/mol. The highest BCUT2D eigenvalue weighted by molar-refractivity contribution is 6.21. The van der Waals surface area contributed by atoms with Gasteiger partial charge in [-0.05, 0) is 13.8 Å². The van der Waals surface area contributed by atoms with Crippen molar-refractivity contribution < 1.29 is 14.4 Å². The van der Waals surface area contributed by atoms with Gasteiger partial charge in [-0.25, -0.2) is 0 Å². The topological polar surface area (TPSA) is 63.2 Å². The molecule has 0 saturated carbocycles. The maximum Gasteiger partial charge on any atom is 0.238 e. The lowest BCUT2D eigenvalue weighted by Gasteiger charge is -2.13. The molecule has 1 amide bonds. The zero-order chi connectivity index (χ0) is 8.65. The van der Waals surface area contributed by atoms with E-state index in [1.165, 1.54) is 0 Å². The molecule has 0 bridgehead atoms. The van der Waals surface area contributed by atoms with Gasteiger partial charge in [-0.1, -0.05) is 0 Å². The Hall–Kier alpha value is -1.19. The number of carbonyl (C=O) groups excluding carboxylic acids is 3. The quantitative estimate of drug-likeness (QED) is 0.401. The molecule has 1 aliphatic rings. The van der Waals surface area contributed by atoms with Gasteiger partial charge in [0.25, 0.3) is 0 Å². The van der Waals surface area contributed by atoms with Gasteiger partial charge < -0.3 is 10.1 Å². The molecule has 1 rings (SSSR count). The summed E-state index contributed by atoms with van der Waals surface area (Å²) in [5.74, 6) is -1.93. The lowest BCUT2D eigenvalue weighted by atomic mass is 9.96. The van der Waals surface area contributed by atoms with Gasteiger partial charge in [0, 0.05) is 0 Å². The first kappa shape index (κ1) is 7.91. The number of hydrogen-bond donors (Lipinski definition) is 1. The molecule has 4 heteroatoms. The van der Waals surface area contributed by atoms with Crippen LogP contribution in [-0.4, -0.2) is 23.5 Å². The highest BCUT2D eigenvalue weighted by Gasteiger charge is 2.46. The molecular formula is C7H9NO3. The first-order valence-electron chi connectivity index (χ1n) is 3.30. The number of aldehydes is 1. The van der Waals surface area contributed by atoms with Crippen LogP contribution in [0.25, 0.3) is 0 Å². The zero-order valence-electron chi connectivity index (χ0n) is 6.38. The summed E-state index contributed by atoms with van der Waals surface area (Å²) in [4.78, 5) is 32.3. The Kier molecular flexibility index (Phi) is 1.55. The van der Waals surface area contributed by atoms with Crippen molar-refractivity contribution >= 4 is 18.0 Å². The Bertz CT molecular complexity index is 232. The fraction of sp³-hybridized carbons (Fsp3) is 0.571. The minimum atomic E-state index is -1.09. The third-order valence-corrected chi connectivity index (χ3v) is 1.75. The molecule has 0 spiro atoms. The summed E-state index contributed by atoms with van der Waals surface area (Å²) in [6, 6.07) is 0. The van der Waals surface area contributed by atoms with Crippen LogP contribution in [0, 0.1) is 5.92 Å². The summed E-state index contributed by atoms with van der Waals surface area (Å²) in [6.45, 7) is 3.16. The molecule has 0 aromatic rings. The highest BCUT2D eigenvalue weighted by atomic mass is 16.2. The maximum atomic E-state index is 11.2. The Morgan fingerprint density at radius 2 is 2.00 bits per heavy atom. The molecule has 1 atom stereocenters. The van der Waals surface area contributed by atoms with Gasteiger partial charge >= 0.3 is 0 Å². The standard InChI is InChI=1S/C7H9NO3/c1-7(2)5(10)4(3-9)6(11)8-7/h3-4H,1-2H3,(H,8,11). The van der Waals surface area contributed by atoms with E-state index in [0.29, 0.717) is 6.29 Å². The molecule has 1 aliphatic heterocycles. The van der Waals surface area contributed by atoms with E-state index in [2.05, 4.69) is 5.32 Å². The second kappa shape index (κ2) is 2.15. The van der Waals surface area contributed by atoms with Gasteiger partial charge in [0.2, 0.25) is 5.91 Å². The van der Waals surface area contributed by atoms with E-state index in [1.54, 1.807) is 13.8 Å². The number of nitrogens with one attached hydrogen (secondary N) is 1. The number of hydrogen-bond acceptors (Lipinski definition) is 3. The normalized spacial score (nSPS) is 28.4. The molecule has 0 radical (unpaired) electrons. The van der Waals surface area contributed by atoms with E-state index in [-0.39, 0.29) is 5.78 Å². The lowest BCUT2D eigenvalue weighted by molar-refractivity contribution is -0.132. The first-order valence-corrected chi connectivity index (χ1v) is 3.30. The Balaban J connectivity index is 2.97. The SMILES string of the molecule is CC1(C)NC(=O)C(C=O)C1=O. The van der Waals surface area contributed by atoms with Crippen molar-refractivity contribution in [3.05, 3.63) is 0 Å². The lowest BCUT2D eigenvalue weighted by Crippen LogP contribution is -2.39. The summed E-state index contributed by atoms with van der Waals surface area (Å²) in [7, 11) is 0. The van der Waals surface area contributed by atoms with Crippen LogP contribution >= 0.6 is 0 Å². The van der Waals surface area contributed by atoms with Crippen molar-refractivity contribution in [2.24, 2.45) is 5.92 Å². The molecule has 0 aromatic heterocycles. The monoisotopic (exact) mass is 155 g/mol. The van der Waals surface area contributed by atoms with Gasteiger partial charge in [-0.3, -0.25) is 9.59 Å². The Morgan fingerprint density at radius 1 is 1.45 bits per heavy atom. The minimum absolute atomic E-state index is 0.350. The van der Waals surface area contributed by atoms with Crippen molar-refractivity contribution in [1.29, 1.82) is 0 Å². The third-order valence-electron chi connectivity index (χ3n) is 1.75. The smallest absolute Gasteiger partial charge is 0.238 e. The predicted molar refractivity (Wildman–Crippen MR) is 36.8 cm³/mol. The predicted octanol–water partition coefficient (Wildman–Crippen LogP) is -0.721. The summed E-state index contributed by atoms with van der Waals surface area (Å²) < 4.78 is 0. The second-order valence-electron chi connectivity index (χ2n) is 3.09. The first-order chi connectivity index (χ1) is 4.99. The summed E-state index contributed by atoms with van der Waals surface area (Å²) in [5.41, 5.74) is -0.872. The molecular weight excluding hydrogens is 146 g/mol. The van der Waals surface area contributed by atoms with Crippen molar-refractivity contribution in [2.75, 3.05) is 0 Å². The molecule has 1 unspecified atom stereocenters. The average Bonchev–Trinajstić information content (AvgIpc) is 2.04. The van der Waals surface area contributed by atoms with Gasteiger partial charge in [-0.15, -0.1) is 0 Å². The van der Waals surface area contributed by atoms with Crippen LogP contribution in [0.3, 0.4) is 0 Å². The number of Topliss-reactive ketones (excluding diaryl/α,β-unsaturated/α-hetero) is 1. The molecule has 0 aromatic carbocycles. The number of ketones is 1. The van der Waals surface area contributed by atoms with Crippen LogP contribution in [0.5, 0.6) is 0 Å². The van der Waals surface area contributed by atoms with Crippen LogP contribution in [0.4, 0.5) is 0 Å². The highest BCUT2D eigenvalue weighted by Crippen LogP contribution is 2.18. The minimum Gasteiger partial charge on any atom is -0.343 e. The summed E-state index contributed by atoms with van der Waals surface area (Å²) >= 11 is 0. The Morgan fingerprint density at radius 3 is 2.18 bits per heavy atom. The molecule has 1 heterocycles. The van der Waals surface area contributed by atoms with Crippen molar-refractivity contribution in [3.8, 4) is 0 Å². The van der Waals surface area contributed by atoms with E-state index < -0.39 is 17.4 Å². The number of carbonyl (C=O) groups is 3. The molecule has 60 valence electrons. The van der Waals surface area contributed by atoms with Crippen molar-refractivity contribution in [2.45, 2.75) is 19.4 Å². The van der Waals surface area contributed by atoms with Crippen molar-refractivity contribution in [3.63, 3.8) is 0 Å². The van der Waals surface area contributed by atoms with Gasteiger partial charge in [-0.2, -0.15) is 0 Å². The molecule has 0 aliphatic carbocycles. The number of rotatable bonds is 1.